The van der Waals surface area contributed by atoms with E-state index >= 15 is 0 Å². The van der Waals surface area contributed by atoms with Gasteiger partial charge < -0.3 is 14.8 Å². The third-order valence-corrected chi connectivity index (χ3v) is 5.49. The van der Waals surface area contributed by atoms with Crippen LogP contribution in [0.25, 0.3) is 10.9 Å². The second-order valence-corrected chi connectivity index (χ2v) is 7.36. The van der Waals surface area contributed by atoms with E-state index in [4.69, 9.17) is 9.47 Å². The first kappa shape index (κ1) is 17.9. The lowest BCUT2D eigenvalue weighted by Crippen LogP contribution is -2.37. The molecule has 1 heterocycles. The second kappa shape index (κ2) is 8.01. The molecule has 1 aliphatic rings. The van der Waals surface area contributed by atoms with Gasteiger partial charge >= 0.3 is 0 Å². The Labute approximate surface area is 160 Å². The Bertz CT molecular complexity index is 905. The Morgan fingerprint density at radius 2 is 2.15 bits per heavy atom. The molecular formula is C22H27N3O2. The number of hydrogen-bond acceptors (Lipinski definition) is 4. The number of aryl methyl sites for hydroxylation is 1. The summed E-state index contributed by atoms with van der Waals surface area (Å²) < 4.78 is 11.7. The van der Waals surface area contributed by atoms with Gasteiger partial charge in [0.1, 0.15) is 17.6 Å². The molecule has 0 unspecified atom stereocenters. The number of benzene rings is 2. The van der Waals surface area contributed by atoms with E-state index in [-0.39, 0.29) is 6.10 Å². The van der Waals surface area contributed by atoms with Crippen LogP contribution in [-0.2, 0) is 6.54 Å². The number of rotatable bonds is 6. The number of fused-ring (bicyclic) bond motifs is 1. The summed E-state index contributed by atoms with van der Waals surface area (Å²) in [5, 5.41) is 12.0. The molecule has 2 aromatic carbocycles. The Hall–Kier alpha value is -2.53. The predicted octanol–water partition coefficient (Wildman–Crippen LogP) is 4.36. The maximum atomic E-state index is 6.38. The number of methoxy groups -OCH3 is 1. The van der Waals surface area contributed by atoms with E-state index in [1.54, 1.807) is 7.11 Å². The number of nitrogens with one attached hydrogen (secondary N) is 2. The summed E-state index contributed by atoms with van der Waals surface area (Å²) in [6.45, 7) is 2.96. The number of aromatic amines is 1. The third kappa shape index (κ3) is 4.08. The van der Waals surface area contributed by atoms with Crippen molar-refractivity contribution >= 4 is 10.9 Å². The smallest absolute Gasteiger partial charge is 0.123 e. The van der Waals surface area contributed by atoms with Crippen LogP contribution in [-0.4, -0.2) is 29.5 Å². The van der Waals surface area contributed by atoms with Gasteiger partial charge in [-0.05, 0) is 62.4 Å². The molecule has 4 rings (SSSR count). The number of hydrogen-bond donors (Lipinski definition) is 2. The molecule has 0 amide bonds. The van der Waals surface area contributed by atoms with Gasteiger partial charge in [0, 0.05) is 23.5 Å². The lowest BCUT2D eigenvalue weighted by Gasteiger charge is -2.31. The monoisotopic (exact) mass is 365 g/mol. The molecule has 5 nitrogen and oxygen atoms in total. The van der Waals surface area contributed by atoms with Crippen molar-refractivity contribution in [2.45, 2.75) is 51.3 Å². The normalized spacial score (nSPS) is 19.9. The molecule has 2 N–H and O–H groups in total. The molecule has 2 atom stereocenters. The lowest BCUT2D eigenvalue weighted by atomic mass is 9.92. The van der Waals surface area contributed by atoms with Gasteiger partial charge in [-0.15, -0.1) is 0 Å². The van der Waals surface area contributed by atoms with Crippen molar-refractivity contribution in [3.8, 4) is 11.5 Å². The Morgan fingerprint density at radius 1 is 1.22 bits per heavy atom. The van der Waals surface area contributed by atoms with Crippen molar-refractivity contribution in [3.63, 3.8) is 0 Å². The van der Waals surface area contributed by atoms with Gasteiger partial charge in [0.25, 0.3) is 0 Å². The van der Waals surface area contributed by atoms with Crippen molar-refractivity contribution in [1.82, 2.24) is 15.5 Å². The van der Waals surface area contributed by atoms with Crippen molar-refractivity contribution in [1.29, 1.82) is 0 Å². The van der Waals surface area contributed by atoms with Crippen LogP contribution in [0, 0.1) is 6.92 Å². The average molecular weight is 365 g/mol. The zero-order chi connectivity index (χ0) is 18.6. The van der Waals surface area contributed by atoms with Crippen LogP contribution >= 0.6 is 0 Å². The van der Waals surface area contributed by atoms with Crippen molar-refractivity contribution in [3.05, 3.63) is 53.7 Å². The topological polar surface area (TPSA) is 59.2 Å². The van der Waals surface area contributed by atoms with Crippen LogP contribution < -0.4 is 14.8 Å². The van der Waals surface area contributed by atoms with Crippen LogP contribution in [0.3, 0.4) is 0 Å². The van der Waals surface area contributed by atoms with E-state index in [1.807, 2.05) is 24.4 Å². The maximum Gasteiger partial charge on any atom is 0.123 e. The summed E-state index contributed by atoms with van der Waals surface area (Å²) in [5.74, 6) is 1.88. The van der Waals surface area contributed by atoms with Crippen LogP contribution in [0.5, 0.6) is 11.5 Å². The summed E-state index contributed by atoms with van der Waals surface area (Å²) in [7, 11) is 1.71. The summed E-state index contributed by atoms with van der Waals surface area (Å²) in [6.07, 6.45) is 6.66. The molecule has 1 fully saturated rings. The first-order chi connectivity index (χ1) is 13.2. The fourth-order valence-corrected chi connectivity index (χ4v) is 3.93. The molecule has 1 aromatic heterocycles. The van der Waals surface area contributed by atoms with E-state index in [1.165, 1.54) is 18.4 Å². The van der Waals surface area contributed by atoms with Crippen LogP contribution in [0.2, 0.25) is 0 Å². The van der Waals surface area contributed by atoms with E-state index < -0.39 is 0 Å². The molecule has 0 radical (unpaired) electrons. The molecule has 1 aliphatic carbocycles. The number of H-pyrrole nitrogens is 1. The van der Waals surface area contributed by atoms with Crippen molar-refractivity contribution in [2.75, 3.05) is 7.11 Å². The fraction of sp³-hybridized carbons (Fsp3) is 0.409. The largest absolute Gasteiger partial charge is 0.497 e. The van der Waals surface area contributed by atoms with E-state index in [2.05, 4.69) is 40.6 Å². The van der Waals surface area contributed by atoms with Gasteiger partial charge in [-0.2, -0.15) is 5.10 Å². The molecule has 1 saturated carbocycles. The van der Waals surface area contributed by atoms with Gasteiger partial charge in [-0.3, -0.25) is 5.10 Å². The van der Waals surface area contributed by atoms with Crippen molar-refractivity contribution < 1.29 is 9.47 Å². The summed E-state index contributed by atoms with van der Waals surface area (Å²) in [6, 6.07) is 12.8. The second-order valence-electron chi connectivity index (χ2n) is 7.36. The predicted molar refractivity (Wildman–Crippen MR) is 107 cm³/mol. The minimum absolute atomic E-state index is 0.254. The highest BCUT2D eigenvalue weighted by atomic mass is 16.5. The summed E-state index contributed by atoms with van der Waals surface area (Å²) >= 11 is 0. The zero-order valence-corrected chi connectivity index (χ0v) is 16.0. The highest BCUT2D eigenvalue weighted by molar-refractivity contribution is 5.83. The molecule has 0 aliphatic heterocycles. The Balaban J connectivity index is 1.36. The highest BCUT2D eigenvalue weighted by Gasteiger charge is 2.23. The van der Waals surface area contributed by atoms with Crippen LogP contribution in [0.1, 0.15) is 36.8 Å². The molecule has 0 bridgehead atoms. The number of nitrogens with zero attached hydrogens (tertiary/aromatic N) is 1. The fourth-order valence-electron chi connectivity index (χ4n) is 3.93. The van der Waals surface area contributed by atoms with Gasteiger partial charge in [-0.25, -0.2) is 0 Å². The van der Waals surface area contributed by atoms with E-state index in [0.717, 1.165) is 47.4 Å². The van der Waals surface area contributed by atoms with Gasteiger partial charge in [0.05, 0.1) is 18.8 Å². The van der Waals surface area contributed by atoms with Gasteiger partial charge in [0.15, 0.2) is 0 Å². The average Bonchev–Trinajstić information content (AvgIpc) is 3.19. The molecule has 3 aromatic rings. The quantitative estimate of drug-likeness (QED) is 0.681. The number of ether oxygens (including phenoxy) is 2. The third-order valence-electron chi connectivity index (χ3n) is 5.49. The molecule has 0 spiro atoms. The first-order valence-corrected chi connectivity index (χ1v) is 9.68. The number of aromatic nitrogens is 2. The maximum absolute atomic E-state index is 6.38. The summed E-state index contributed by atoms with van der Waals surface area (Å²) in [5.41, 5.74) is 3.47. The Kier molecular flexibility index (Phi) is 5.30. The Morgan fingerprint density at radius 3 is 3.04 bits per heavy atom. The lowest BCUT2D eigenvalue weighted by molar-refractivity contribution is 0.133. The molecule has 0 saturated heterocycles. The molecule has 142 valence electrons. The van der Waals surface area contributed by atoms with Crippen LogP contribution in [0.4, 0.5) is 0 Å². The zero-order valence-electron chi connectivity index (χ0n) is 16.0. The van der Waals surface area contributed by atoms with E-state index in [9.17, 15) is 0 Å². The first-order valence-electron chi connectivity index (χ1n) is 9.68. The standard InChI is InChI=1S/C22H27N3O2/c1-15-20-14-24-25-21(20)9-10-22(15)27-19-8-4-6-17(12-19)23-13-16-5-3-7-18(11-16)26-2/h3,5,7,9-11,14,17,19,23H,4,6,8,12-13H2,1-2H3,(H,24,25)/t17-,19+/m1/s1. The van der Waals surface area contributed by atoms with Gasteiger partial charge in [-0.1, -0.05) is 12.1 Å². The van der Waals surface area contributed by atoms with Crippen molar-refractivity contribution in [2.24, 2.45) is 0 Å². The summed E-state index contributed by atoms with van der Waals surface area (Å²) in [4.78, 5) is 0. The molecule has 5 heteroatoms. The van der Waals surface area contributed by atoms with Crippen LogP contribution in [0.15, 0.2) is 42.6 Å². The van der Waals surface area contributed by atoms with Gasteiger partial charge in [0.2, 0.25) is 0 Å². The molecular weight excluding hydrogens is 338 g/mol. The molecule has 27 heavy (non-hydrogen) atoms. The minimum atomic E-state index is 0.254. The SMILES string of the molecule is COc1cccc(CN[C@@H]2CCC[C@H](Oc3ccc4[nH]ncc4c3C)C2)c1. The van der Waals surface area contributed by atoms with E-state index in [0.29, 0.717) is 6.04 Å². The minimum Gasteiger partial charge on any atom is -0.497 e. The highest BCUT2D eigenvalue weighted by Crippen LogP contribution is 2.30.